The van der Waals surface area contributed by atoms with Gasteiger partial charge in [0.15, 0.2) is 9.84 Å². The molecule has 3 rings (SSSR count). The van der Waals surface area contributed by atoms with Crippen molar-refractivity contribution in [2.75, 3.05) is 28.9 Å². The maximum atomic E-state index is 11.7. The maximum absolute atomic E-state index is 11.7. The summed E-state index contributed by atoms with van der Waals surface area (Å²) in [6, 6.07) is -0.0266. The van der Waals surface area contributed by atoms with Crippen molar-refractivity contribution >= 4 is 21.5 Å². The summed E-state index contributed by atoms with van der Waals surface area (Å²) >= 11 is 0. The standard InChI is InChI=1S/C13H21N5O2S/c1-8-11(17-14)15-12(9-3-4-9)16-13(8)18(2)10-5-6-21(19,20)7-10/h9-10H,3-7,14H2,1-2H3,(H,15,16,17). The normalized spacial score (nSPS) is 24.0. The second-order valence-electron chi connectivity index (χ2n) is 5.97. The topological polar surface area (TPSA) is 101 Å². The lowest BCUT2D eigenvalue weighted by Crippen LogP contribution is -2.34. The SMILES string of the molecule is Cc1c(NN)nc(C2CC2)nc1N(C)C1CCS(=O)(=O)C1. The van der Waals surface area contributed by atoms with Crippen LogP contribution in [0.1, 0.15) is 36.6 Å². The van der Waals surface area contributed by atoms with Crippen LogP contribution in [-0.4, -0.2) is 43.0 Å². The van der Waals surface area contributed by atoms with E-state index in [1.165, 1.54) is 0 Å². The first-order valence-corrected chi connectivity index (χ1v) is 9.02. The minimum Gasteiger partial charge on any atom is -0.355 e. The summed E-state index contributed by atoms with van der Waals surface area (Å²) < 4.78 is 23.4. The van der Waals surface area contributed by atoms with Crippen molar-refractivity contribution in [3.8, 4) is 0 Å². The number of nitrogen functional groups attached to an aromatic ring is 1. The van der Waals surface area contributed by atoms with E-state index in [-0.39, 0.29) is 17.5 Å². The third-order valence-electron chi connectivity index (χ3n) is 4.31. The first-order chi connectivity index (χ1) is 9.91. The van der Waals surface area contributed by atoms with Gasteiger partial charge < -0.3 is 10.3 Å². The molecule has 1 aromatic rings. The Kier molecular flexibility index (Phi) is 3.53. The van der Waals surface area contributed by atoms with Gasteiger partial charge in [-0.2, -0.15) is 0 Å². The predicted octanol–water partition coefficient (Wildman–Crippen LogP) is 0.571. The highest BCUT2D eigenvalue weighted by atomic mass is 32.2. The molecule has 0 aromatic carbocycles. The maximum Gasteiger partial charge on any atom is 0.152 e. The smallest absolute Gasteiger partial charge is 0.152 e. The first-order valence-electron chi connectivity index (χ1n) is 7.19. The molecule has 7 nitrogen and oxygen atoms in total. The molecule has 2 aliphatic rings. The summed E-state index contributed by atoms with van der Waals surface area (Å²) in [4.78, 5) is 11.1. The molecule has 8 heteroatoms. The molecule has 2 fully saturated rings. The molecule has 0 amide bonds. The van der Waals surface area contributed by atoms with E-state index >= 15 is 0 Å². The monoisotopic (exact) mass is 311 g/mol. The number of anilines is 2. The van der Waals surface area contributed by atoms with Crippen molar-refractivity contribution in [3.05, 3.63) is 11.4 Å². The van der Waals surface area contributed by atoms with Gasteiger partial charge in [0.1, 0.15) is 17.5 Å². The Balaban J connectivity index is 1.94. The van der Waals surface area contributed by atoms with E-state index in [1.807, 2.05) is 18.9 Å². The van der Waals surface area contributed by atoms with Crippen LogP contribution < -0.4 is 16.2 Å². The van der Waals surface area contributed by atoms with Gasteiger partial charge in [0, 0.05) is 24.6 Å². The summed E-state index contributed by atoms with van der Waals surface area (Å²) in [5, 5.41) is 0. The lowest BCUT2D eigenvalue weighted by atomic mass is 10.2. The Bertz CT molecular complexity index is 657. The summed E-state index contributed by atoms with van der Waals surface area (Å²) in [6.07, 6.45) is 2.86. The van der Waals surface area contributed by atoms with Crippen LogP contribution in [-0.2, 0) is 9.84 Å². The third-order valence-corrected chi connectivity index (χ3v) is 6.06. The van der Waals surface area contributed by atoms with Crippen LogP contribution in [0.25, 0.3) is 0 Å². The highest BCUT2D eigenvalue weighted by Crippen LogP contribution is 2.40. The van der Waals surface area contributed by atoms with Gasteiger partial charge in [-0.15, -0.1) is 0 Å². The van der Waals surface area contributed by atoms with E-state index in [0.29, 0.717) is 18.2 Å². The molecule has 1 aliphatic heterocycles. The third kappa shape index (κ3) is 2.82. The van der Waals surface area contributed by atoms with Gasteiger partial charge in [-0.1, -0.05) is 0 Å². The van der Waals surface area contributed by atoms with E-state index in [4.69, 9.17) is 5.84 Å². The molecule has 1 aromatic heterocycles. The highest BCUT2D eigenvalue weighted by Gasteiger charge is 2.34. The Morgan fingerprint density at radius 2 is 2.00 bits per heavy atom. The van der Waals surface area contributed by atoms with Crippen LogP contribution in [0.15, 0.2) is 0 Å². The van der Waals surface area contributed by atoms with Crippen molar-refractivity contribution in [2.45, 2.75) is 38.1 Å². The summed E-state index contributed by atoms with van der Waals surface area (Å²) in [6.45, 7) is 1.90. The van der Waals surface area contributed by atoms with E-state index in [0.717, 1.165) is 30.0 Å². The number of hydrogen-bond donors (Lipinski definition) is 2. The van der Waals surface area contributed by atoms with Gasteiger partial charge in [0.2, 0.25) is 0 Å². The summed E-state index contributed by atoms with van der Waals surface area (Å²) in [5.74, 6) is 8.61. The fourth-order valence-electron chi connectivity index (χ4n) is 2.78. The number of aromatic nitrogens is 2. The van der Waals surface area contributed by atoms with Gasteiger partial charge in [-0.3, -0.25) is 0 Å². The van der Waals surface area contributed by atoms with Crippen molar-refractivity contribution in [1.29, 1.82) is 0 Å². The first kappa shape index (κ1) is 14.5. The van der Waals surface area contributed by atoms with Crippen LogP contribution in [0, 0.1) is 6.92 Å². The number of hydrogen-bond acceptors (Lipinski definition) is 7. The zero-order valence-electron chi connectivity index (χ0n) is 12.3. The Morgan fingerprint density at radius 1 is 1.29 bits per heavy atom. The number of nitrogens with one attached hydrogen (secondary N) is 1. The molecule has 1 atom stereocenters. The zero-order chi connectivity index (χ0) is 15.2. The minimum absolute atomic E-state index is 0.0266. The Labute approximate surface area is 124 Å². The number of nitrogens with two attached hydrogens (primary N) is 1. The van der Waals surface area contributed by atoms with Crippen LogP contribution in [0.2, 0.25) is 0 Å². The molecule has 2 heterocycles. The molecular formula is C13H21N5O2S. The molecule has 0 radical (unpaired) electrons. The number of rotatable bonds is 4. The zero-order valence-corrected chi connectivity index (χ0v) is 13.2. The van der Waals surface area contributed by atoms with Crippen LogP contribution in [0.3, 0.4) is 0 Å². The fourth-order valence-corrected chi connectivity index (χ4v) is 4.56. The van der Waals surface area contributed by atoms with E-state index in [1.54, 1.807) is 0 Å². The molecule has 0 spiro atoms. The molecule has 116 valence electrons. The Morgan fingerprint density at radius 3 is 2.52 bits per heavy atom. The van der Waals surface area contributed by atoms with E-state index < -0.39 is 9.84 Å². The average molecular weight is 311 g/mol. The molecule has 1 unspecified atom stereocenters. The number of sulfone groups is 1. The van der Waals surface area contributed by atoms with E-state index in [9.17, 15) is 8.42 Å². The van der Waals surface area contributed by atoms with Crippen molar-refractivity contribution in [3.63, 3.8) is 0 Å². The average Bonchev–Trinajstić information content (AvgIpc) is 3.22. The largest absolute Gasteiger partial charge is 0.355 e. The van der Waals surface area contributed by atoms with Gasteiger partial charge in [0.25, 0.3) is 0 Å². The highest BCUT2D eigenvalue weighted by molar-refractivity contribution is 7.91. The van der Waals surface area contributed by atoms with Crippen molar-refractivity contribution in [1.82, 2.24) is 9.97 Å². The summed E-state index contributed by atoms with van der Waals surface area (Å²) in [5.41, 5.74) is 3.48. The summed E-state index contributed by atoms with van der Waals surface area (Å²) in [7, 11) is -1.02. The minimum atomic E-state index is -2.92. The Hall–Kier alpha value is -1.41. The second-order valence-corrected chi connectivity index (χ2v) is 8.19. The molecule has 1 aliphatic carbocycles. The molecule has 0 bridgehead atoms. The second kappa shape index (κ2) is 5.10. The van der Waals surface area contributed by atoms with Crippen molar-refractivity contribution < 1.29 is 8.42 Å². The van der Waals surface area contributed by atoms with Crippen LogP contribution in [0.4, 0.5) is 11.6 Å². The predicted molar refractivity (Wildman–Crippen MR) is 82.0 cm³/mol. The van der Waals surface area contributed by atoms with Gasteiger partial charge in [-0.05, 0) is 26.2 Å². The molecular weight excluding hydrogens is 290 g/mol. The molecule has 3 N–H and O–H groups in total. The fraction of sp³-hybridized carbons (Fsp3) is 0.692. The number of hydrazine groups is 1. The van der Waals surface area contributed by atoms with Gasteiger partial charge in [-0.25, -0.2) is 24.2 Å². The van der Waals surface area contributed by atoms with Gasteiger partial charge in [0.05, 0.1) is 11.5 Å². The quantitative estimate of drug-likeness (QED) is 0.619. The van der Waals surface area contributed by atoms with Crippen molar-refractivity contribution in [2.24, 2.45) is 5.84 Å². The molecule has 1 saturated carbocycles. The molecule has 1 saturated heterocycles. The lowest BCUT2D eigenvalue weighted by molar-refractivity contribution is 0.600. The number of nitrogens with zero attached hydrogens (tertiary/aromatic N) is 3. The van der Waals surface area contributed by atoms with Crippen LogP contribution >= 0.6 is 0 Å². The van der Waals surface area contributed by atoms with Gasteiger partial charge >= 0.3 is 0 Å². The lowest BCUT2D eigenvalue weighted by Gasteiger charge is -2.27. The van der Waals surface area contributed by atoms with E-state index in [2.05, 4.69) is 15.4 Å². The van der Waals surface area contributed by atoms with Crippen LogP contribution in [0.5, 0.6) is 0 Å². The molecule has 21 heavy (non-hydrogen) atoms.